The van der Waals surface area contributed by atoms with Crippen molar-refractivity contribution in [2.45, 2.75) is 50.5 Å². The highest BCUT2D eigenvalue weighted by atomic mass is 16.5. The minimum atomic E-state index is 0.0217. The number of hydrogen-bond acceptors (Lipinski definition) is 4. The maximum atomic E-state index is 12.5. The third-order valence-corrected chi connectivity index (χ3v) is 5.81. The lowest BCUT2D eigenvalue weighted by Gasteiger charge is -2.20. The Morgan fingerprint density at radius 2 is 2.19 bits per heavy atom. The topological polar surface area (TPSA) is 72.3 Å². The van der Waals surface area contributed by atoms with Crippen LogP contribution in [-0.2, 0) is 4.74 Å². The normalized spacial score (nSPS) is 20.6. The van der Waals surface area contributed by atoms with Gasteiger partial charge in [0.2, 0.25) is 0 Å². The number of imidazole rings is 1. The van der Waals surface area contributed by atoms with Gasteiger partial charge in [-0.2, -0.15) is 0 Å². The molecule has 2 aromatic rings. The average molecular weight is 371 g/mol. The molecule has 146 valence electrons. The number of urea groups is 1. The number of ether oxygens (including phenoxy) is 1. The summed E-state index contributed by atoms with van der Waals surface area (Å²) < 4.78 is 7.37. The molecule has 0 bridgehead atoms. The minimum Gasteiger partial charge on any atom is -0.385 e. The van der Waals surface area contributed by atoms with Gasteiger partial charge in [0.1, 0.15) is 11.3 Å². The Morgan fingerprint density at radius 3 is 3.00 bits per heavy atom. The number of hydrogen-bond donors (Lipinski definition) is 1. The summed E-state index contributed by atoms with van der Waals surface area (Å²) in [4.78, 5) is 24.0. The van der Waals surface area contributed by atoms with E-state index in [1.807, 2.05) is 23.2 Å². The van der Waals surface area contributed by atoms with Gasteiger partial charge in [-0.1, -0.05) is 12.8 Å². The van der Waals surface area contributed by atoms with Gasteiger partial charge in [-0.05, 0) is 37.8 Å². The molecule has 0 spiro atoms. The molecule has 0 radical (unpaired) electrons. The SMILES string of the molecule is COCCCNC(=O)N1CCC(n2c(C3CCCC3)nc3cccnc32)C1. The van der Waals surface area contributed by atoms with Crippen molar-refractivity contribution in [1.82, 2.24) is 24.8 Å². The number of amides is 2. The van der Waals surface area contributed by atoms with Crippen LogP contribution >= 0.6 is 0 Å². The molecule has 7 nitrogen and oxygen atoms in total. The number of likely N-dealkylation sites (tertiary alicyclic amines) is 1. The second-order valence-electron chi connectivity index (χ2n) is 7.63. The number of carbonyl (C=O) groups is 1. The Morgan fingerprint density at radius 1 is 1.33 bits per heavy atom. The molecule has 3 heterocycles. The van der Waals surface area contributed by atoms with Gasteiger partial charge >= 0.3 is 6.03 Å². The first kappa shape index (κ1) is 18.2. The smallest absolute Gasteiger partial charge is 0.317 e. The first-order valence-corrected chi connectivity index (χ1v) is 10.1. The Kier molecular flexibility index (Phi) is 5.57. The fourth-order valence-corrected chi connectivity index (χ4v) is 4.44. The summed E-state index contributed by atoms with van der Waals surface area (Å²) in [6, 6.07) is 4.28. The molecule has 2 amide bonds. The van der Waals surface area contributed by atoms with E-state index in [1.165, 1.54) is 31.5 Å². The highest BCUT2D eigenvalue weighted by molar-refractivity contribution is 5.75. The highest BCUT2D eigenvalue weighted by Crippen LogP contribution is 2.37. The lowest BCUT2D eigenvalue weighted by atomic mass is 10.1. The van der Waals surface area contributed by atoms with Crippen LogP contribution in [0.2, 0.25) is 0 Å². The van der Waals surface area contributed by atoms with Crippen LogP contribution in [0.4, 0.5) is 4.79 Å². The van der Waals surface area contributed by atoms with Gasteiger partial charge in [-0.25, -0.2) is 14.8 Å². The molecule has 4 rings (SSSR count). The van der Waals surface area contributed by atoms with Crippen molar-refractivity contribution < 1.29 is 9.53 Å². The molecule has 2 aliphatic rings. The van der Waals surface area contributed by atoms with Gasteiger partial charge in [0.05, 0.1) is 6.04 Å². The van der Waals surface area contributed by atoms with E-state index >= 15 is 0 Å². The van der Waals surface area contributed by atoms with Crippen molar-refractivity contribution in [2.24, 2.45) is 0 Å². The number of nitrogens with zero attached hydrogens (tertiary/aromatic N) is 4. The quantitative estimate of drug-likeness (QED) is 0.792. The first-order chi connectivity index (χ1) is 13.3. The molecule has 0 aromatic carbocycles. The van der Waals surface area contributed by atoms with Crippen LogP contribution in [0.1, 0.15) is 56.3 Å². The van der Waals surface area contributed by atoms with Crippen molar-refractivity contribution in [3.63, 3.8) is 0 Å². The molecular formula is C20H29N5O2. The zero-order valence-electron chi connectivity index (χ0n) is 16.1. The van der Waals surface area contributed by atoms with Crippen LogP contribution in [-0.4, -0.2) is 58.8 Å². The Bertz CT molecular complexity index is 784. The number of rotatable bonds is 6. The zero-order valence-corrected chi connectivity index (χ0v) is 16.1. The van der Waals surface area contributed by atoms with Crippen LogP contribution in [0.3, 0.4) is 0 Å². The fourth-order valence-electron chi connectivity index (χ4n) is 4.44. The molecule has 7 heteroatoms. The monoisotopic (exact) mass is 371 g/mol. The van der Waals surface area contributed by atoms with E-state index in [-0.39, 0.29) is 12.1 Å². The third kappa shape index (κ3) is 3.78. The maximum absolute atomic E-state index is 12.5. The largest absolute Gasteiger partial charge is 0.385 e. The number of methoxy groups -OCH3 is 1. The van der Waals surface area contributed by atoms with E-state index in [0.29, 0.717) is 19.1 Å². The molecule has 1 saturated carbocycles. The summed E-state index contributed by atoms with van der Waals surface area (Å²) in [5.41, 5.74) is 1.94. The van der Waals surface area contributed by atoms with Crippen molar-refractivity contribution >= 4 is 17.2 Å². The van der Waals surface area contributed by atoms with Crippen LogP contribution in [0, 0.1) is 0 Å². The molecule has 1 saturated heterocycles. The highest BCUT2D eigenvalue weighted by Gasteiger charge is 2.33. The van der Waals surface area contributed by atoms with E-state index in [1.54, 1.807) is 7.11 Å². The zero-order chi connectivity index (χ0) is 18.6. The summed E-state index contributed by atoms with van der Waals surface area (Å²) in [5, 5.41) is 3.00. The molecule has 1 N–H and O–H groups in total. The van der Waals surface area contributed by atoms with Crippen molar-refractivity contribution in [3.05, 3.63) is 24.2 Å². The summed E-state index contributed by atoms with van der Waals surface area (Å²) in [6.45, 7) is 2.81. The second-order valence-corrected chi connectivity index (χ2v) is 7.63. The van der Waals surface area contributed by atoms with Crippen molar-refractivity contribution in [1.29, 1.82) is 0 Å². The number of nitrogens with one attached hydrogen (secondary N) is 1. The molecule has 1 unspecified atom stereocenters. The van der Waals surface area contributed by atoms with Gasteiger partial charge in [0.15, 0.2) is 5.65 Å². The number of pyridine rings is 1. The molecule has 1 aliphatic carbocycles. The van der Waals surface area contributed by atoms with Crippen molar-refractivity contribution in [3.8, 4) is 0 Å². The van der Waals surface area contributed by atoms with E-state index in [4.69, 9.17) is 9.72 Å². The summed E-state index contributed by atoms with van der Waals surface area (Å²) >= 11 is 0. The fraction of sp³-hybridized carbons (Fsp3) is 0.650. The predicted octanol–water partition coefficient (Wildman–Crippen LogP) is 3.08. The van der Waals surface area contributed by atoms with E-state index in [2.05, 4.69) is 14.9 Å². The van der Waals surface area contributed by atoms with Gasteiger partial charge in [0.25, 0.3) is 0 Å². The molecule has 27 heavy (non-hydrogen) atoms. The minimum absolute atomic E-state index is 0.0217. The van der Waals surface area contributed by atoms with Crippen LogP contribution in [0.5, 0.6) is 0 Å². The van der Waals surface area contributed by atoms with E-state index in [0.717, 1.165) is 37.1 Å². The number of fused-ring (bicyclic) bond motifs is 1. The molecule has 2 aromatic heterocycles. The molecule has 1 atom stereocenters. The number of carbonyl (C=O) groups excluding carboxylic acids is 1. The van der Waals surface area contributed by atoms with Crippen molar-refractivity contribution in [2.75, 3.05) is 33.4 Å². The summed E-state index contributed by atoms with van der Waals surface area (Å²) in [7, 11) is 1.68. The van der Waals surface area contributed by atoms with E-state index in [9.17, 15) is 4.79 Å². The van der Waals surface area contributed by atoms with E-state index < -0.39 is 0 Å². The molecule has 1 aliphatic heterocycles. The van der Waals surface area contributed by atoms with Gasteiger partial charge < -0.3 is 19.5 Å². The first-order valence-electron chi connectivity index (χ1n) is 10.1. The van der Waals surface area contributed by atoms with Gasteiger partial charge in [-0.3, -0.25) is 0 Å². The Hall–Kier alpha value is -2.15. The molecular weight excluding hydrogens is 342 g/mol. The second kappa shape index (κ2) is 8.25. The lowest BCUT2D eigenvalue weighted by molar-refractivity contribution is 0.188. The standard InChI is InChI=1S/C20H29N5O2/c1-27-13-5-11-22-20(26)24-12-9-16(14-24)25-18(15-6-2-3-7-15)23-17-8-4-10-21-19(17)25/h4,8,10,15-16H,2-3,5-7,9,11-14H2,1H3,(H,22,26). The third-order valence-electron chi connectivity index (χ3n) is 5.81. The summed E-state index contributed by atoms with van der Waals surface area (Å²) in [6.07, 6.45) is 8.60. The summed E-state index contributed by atoms with van der Waals surface area (Å²) in [5.74, 6) is 1.70. The number of aromatic nitrogens is 3. The van der Waals surface area contributed by atoms with Gasteiger partial charge in [0, 0.05) is 45.5 Å². The lowest BCUT2D eigenvalue weighted by Crippen LogP contribution is -2.39. The van der Waals surface area contributed by atoms with Crippen LogP contribution in [0.25, 0.3) is 11.2 Å². The maximum Gasteiger partial charge on any atom is 0.317 e. The Balaban J connectivity index is 1.51. The predicted molar refractivity (Wildman–Crippen MR) is 104 cm³/mol. The van der Waals surface area contributed by atoms with Crippen LogP contribution in [0.15, 0.2) is 18.3 Å². The Labute approximate surface area is 160 Å². The molecule has 2 fully saturated rings. The van der Waals surface area contributed by atoms with Crippen LogP contribution < -0.4 is 5.32 Å². The average Bonchev–Trinajstić information content (AvgIpc) is 3.43. The van der Waals surface area contributed by atoms with Gasteiger partial charge in [-0.15, -0.1) is 0 Å².